The van der Waals surface area contributed by atoms with Crippen molar-refractivity contribution >= 4 is 5.95 Å². The molecule has 0 spiro atoms. The summed E-state index contributed by atoms with van der Waals surface area (Å²) < 4.78 is 0. The molecule has 1 aromatic heterocycles. The van der Waals surface area contributed by atoms with Crippen molar-refractivity contribution in [3.05, 3.63) is 17.5 Å². The average Bonchev–Trinajstić information content (AvgIpc) is 2.41. The van der Waals surface area contributed by atoms with E-state index >= 15 is 0 Å². The molecule has 1 aliphatic heterocycles. The maximum absolute atomic E-state index is 4.71. The molecule has 1 saturated heterocycles. The Hall–Kier alpha value is -1.20. The topological polar surface area (TPSA) is 44.3 Å². The highest BCUT2D eigenvalue weighted by Gasteiger charge is 2.23. The van der Waals surface area contributed by atoms with Crippen LogP contribution in [-0.2, 0) is 6.54 Å². The van der Waals surface area contributed by atoms with Crippen LogP contribution >= 0.6 is 0 Å². The minimum atomic E-state index is 0.470. The van der Waals surface area contributed by atoms with Crippen LogP contribution in [0.1, 0.15) is 31.5 Å². The summed E-state index contributed by atoms with van der Waals surface area (Å²) in [5, 5.41) is 3.41. The zero-order chi connectivity index (χ0) is 14.5. The van der Waals surface area contributed by atoms with Crippen LogP contribution < -0.4 is 10.2 Å². The zero-order valence-electron chi connectivity index (χ0n) is 13.2. The van der Waals surface area contributed by atoms with E-state index in [0.29, 0.717) is 6.04 Å². The lowest BCUT2D eigenvalue weighted by Crippen LogP contribution is -2.51. The quantitative estimate of drug-likeness (QED) is 0.825. The van der Waals surface area contributed by atoms with Gasteiger partial charge in [-0.2, -0.15) is 0 Å². The van der Waals surface area contributed by atoms with Crippen LogP contribution in [0.5, 0.6) is 0 Å². The largest absolute Gasteiger partial charge is 0.336 e. The molecule has 0 aromatic carbocycles. The van der Waals surface area contributed by atoms with E-state index in [0.717, 1.165) is 50.8 Å². The summed E-state index contributed by atoms with van der Waals surface area (Å²) in [6, 6.07) is 0.470. The van der Waals surface area contributed by atoms with Crippen molar-refractivity contribution in [1.29, 1.82) is 0 Å². The molecule has 2 rings (SSSR count). The first-order valence-electron chi connectivity index (χ1n) is 7.60. The van der Waals surface area contributed by atoms with Crippen molar-refractivity contribution in [2.24, 2.45) is 0 Å². The maximum Gasteiger partial charge on any atom is 0.225 e. The number of hydrogen-bond donors (Lipinski definition) is 1. The van der Waals surface area contributed by atoms with Crippen LogP contribution in [0.15, 0.2) is 6.20 Å². The average molecular weight is 277 g/mol. The molecule has 0 aliphatic carbocycles. The molecule has 1 N–H and O–H groups in total. The second-order valence-corrected chi connectivity index (χ2v) is 5.76. The van der Waals surface area contributed by atoms with Crippen molar-refractivity contribution in [3.8, 4) is 0 Å². The molecule has 112 valence electrons. The number of nitrogens with one attached hydrogen (secondary N) is 1. The molecule has 1 atom stereocenters. The Labute approximate surface area is 122 Å². The van der Waals surface area contributed by atoms with Gasteiger partial charge < -0.3 is 15.1 Å². The molecule has 0 radical (unpaired) electrons. The van der Waals surface area contributed by atoms with Gasteiger partial charge in [0, 0.05) is 49.7 Å². The van der Waals surface area contributed by atoms with Gasteiger partial charge in [0.15, 0.2) is 0 Å². The van der Waals surface area contributed by atoms with Gasteiger partial charge in [0.05, 0.1) is 0 Å². The normalized spacial score (nSPS) is 20.4. The first kappa shape index (κ1) is 15.2. The van der Waals surface area contributed by atoms with E-state index in [1.54, 1.807) is 0 Å². The molecule has 2 heterocycles. The number of anilines is 1. The van der Waals surface area contributed by atoms with Gasteiger partial charge >= 0.3 is 0 Å². The minimum Gasteiger partial charge on any atom is -0.336 e. The van der Waals surface area contributed by atoms with Gasteiger partial charge in [-0.1, -0.05) is 6.92 Å². The third-order valence-corrected chi connectivity index (χ3v) is 3.90. The summed E-state index contributed by atoms with van der Waals surface area (Å²) in [5.41, 5.74) is 2.29. The van der Waals surface area contributed by atoms with E-state index in [1.807, 2.05) is 6.20 Å². The van der Waals surface area contributed by atoms with Gasteiger partial charge in [0.2, 0.25) is 5.95 Å². The molecule has 1 fully saturated rings. The van der Waals surface area contributed by atoms with Crippen LogP contribution in [0, 0.1) is 6.92 Å². The first-order valence-corrected chi connectivity index (χ1v) is 7.60. The number of likely N-dealkylation sites (N-methyl/N-ethyl adjacent to an activating group) is 1. The molecule has 5 heteroatoms. The molecule has 20 heavy (non-hydrogen) atoms. The summed E-state index contributed by atoms with van der Waals surface area (Å²) in [4.78, 5) is 14.0. The van der Waals surface area contributed by atoms with Crippen LogP contribution in [0.3, 0.4) is 0 Å². The lowest BCUT2D eigenvalue weighted by molar-refractivity contribution is 0.273. The second kappa shape index (κ2) is 6.99. The predicted molar refractivity (Wildman–Crippen MR) is 83.1 cm³/mol. The number of rotatable bonds is 5. The lowest BCUT2D eigenvalue weighted by atomic mass is 10.2. The van der Waals surface area contributed by atoms with E-state index in [2.05, 4.69) is 47.9 Å². The highest BCUT2D eigenvalue weighted by atomic mass is 15.3. The van der Waals surface area contributed by atoms with Gasteiger partial charge in [0.25, 0.3) is 0 Å². The Morgan fingerprint density at radius 1 is 1.40 bits per heavy atom. The molecule has 1 aliphatic rings. The highest BCUT2D eigenvalue weighted by Crippen LogP contribution is 2.17. The van der Waals surface area contributed by atoms with Gasteiger partial charge in [-0.05, 0) is 33.9 Å². The third kappa shape index (κ3) is 3.67. The highest BCUT2D eigenvalue weighted by molar-refractivity contribution is 5.35. The molecule has 1 unspecified atom stereocenters. The molecule has 0 bridgehead atoms. The van der Waals surface area contributed by atoms with E-state index in [-0.39, 0.29) is 0 Å². The van der Waals surface area contributed by atoms with Crippen LogP contribution in [0.25, 0.3) is 0 Å². The Balaban J connectivity index is 2.04. The summed E-state index contributed by atoms with van der Waals surface area (Å²) >= 11 is 0. The van der Waals surface area contributed by atoms with Crippen LogP contribution in [0.2, 0.25) is 0 Å². The first-order chi connectivity index (χ1) is 9.61. The Morgan fingerprint density at radius 3 is 2.85 bits per heavy atom. The van der Waals surface area contributed by atoms with Gasteiger partial charge in [-0.25, -0.2) is 9.97 Å². The standard InChI is InChI=1S/C15H27N5/c1-5-6-16-9-14-10-17-15(18-13(14)3)20-8-7-19(4)11-12(20)2/h10,12,16H,5-9,11H2,1-4H3. The fraction of sp³-hybridized carbons (Fsp3) is 0.733. The Morgan fingerprint density at radius 2 is 2.20 bits per heavy atom. The molecule has 0 amide bonds. The predicted octanol–water partition coefficient (Wildman–Crippen LogP) is 1.42. The van der Waals surface area contributed by atoms with E-state index in [1.165, 1.54) is 5.56 Å². The van der Waals surface area contributed by atoms with Gasteiger partial charge in [-0.15, -0.1) is 0 Å². The number of aryl methyl sites for hydroxylation is 1. The monoisotopic (exact) mass is 277 g/mol. The summed E-state index contributed by atoms with van der Waals surface area (Å²) in [5.74, 6) is 0.877. The van der Waals surface area contributed by atoms with E-state index in [9.17, 15) is 0 Å². The van der Waals surface area contributed by atoms with Gasteiger partial charge in [-0.3, -0.25) is 0 Å². The summed E-state index contributed by atoms with van der Waals surface area (Å²) in [6.07, 6.45) is 3.13. The molecular weight excluding hydrogens is 250 g/mol. The number of hydrogen-bond acceptors (Lipinski definition) is 5. The minimum absolute atomic E-state index is 0.470. The summed E-state index contributed by atoms with van der Waals surface area (Å²) in [6.45, 7) is 11.5. The Bertz CT molecular complexity index is 434. The number of piperazine rings is 1. The lowest BCUT2D eigenvalue weighted by Gasteiger charge is -2.38. The van der Waals surface area contributed by atoms with E-state index in [4.69, 9.17) is 4.98 Å². The van der Waals surface area contributed by atoms with Crippen molar-refractivity contribution < 1.29 is 0 Å². The second-order valence-electron chi connectivity index (χ2n) is 5.76. The van der Waals surface area contributed by atoms with Crippen molar-refractivity contribution in [2.75, 3.05) is 38.1 Å². The van der Waals surface area contributed by atoms with E-state index < -0.39 is 0 Å². The van der Waals surface area contributed by atoms with Crippen LogP contribution in [0.4, 0.5) is 5.95 Å². The van der Waals surface area contributed by atoms with Gasteiger partial charge in [0.1, 0.15) is 0 Å². The van der Waals surface area contributed by atoms with Crippen molar-refractivity contribution in [1.82, 2.24) is 20.2 Å². The maximum atomic E-state index is 4.71. The molecule has 5 nitrogen and oxygen atoms in total. The smallest absolute Gasteiger partial charge is 0.225 e. The summed E-state index contributed by atoms with van der Waals surface area (Å²) in [7, 11) is 2.17. The van der Waals surface area contributed by atoms with Crippen LogP contribution in [-0.4, -0.2) is 54.1 Å². The molecule has 1 aromatic rings. The SMILES string of the molecule is CCCNCc1cnc(N2CCN(C)CC2C)nc1C. The zero-order valence-corrected chi connectivity index (χ0v) is 13.2. The van der Waals surface area contributed by atoms with Crippen molar-refractivity contribution in [3.63, 3.8) is 0 Å². The Kier molecular flexibility index (Phi) is 5.31. The molecule has 0 saturated carbocycles. The number of aromatic nitrogens is 2. The van der Waals surface area contributed by atoms with Crippen molar-refractivity contribution in [2.45, 2.75) is 39.8 Å². The fourth-order valence-corrected chi connectivity index (χ4v) is 2.63. The number of nitrogens with zero attached hydrogens (tertiary/aromatic N) is 4. The molecular formula is C15H27N5. The fourth-order valence-electron chi connectivity index (χ4n) is 2.63. The third-order valence-electron chi connectivity index (χ3n) is 3.90.